The van der Waals surface area contributed by atoms with Gasteiger partial charge in [-0.25, -0.2) is 4.39 Å². The molecule has 0 aliphatic heterocycles. The molecular formula is C28H22ClFN2O2S. The highest BCUT2D eigenvalue weighted by Crippen LogP contribution is 2.37. The normalized spacial score (nSPS) is 11.5. The Bertz CT molecular complexity index is 1330. The molecule has 2 N–H and O–H groups in total. The molecule has 0 radical (unpaired) electrons. The zero-order chi connectivity index (χ0) is 24.8. The fourth-order valence-corrected chi connectivity index (χ4v) is 4.58. The Morgan fingerprint density at radius 3 is 2.23 bits per heavy atom. The van der Waals surface area contributed by atoms with Gasteiger partial charge < -0.3 is 10.6 Å². The SMILES string of the molecule is Cc1ccc(Cl)cc1NC(=O)C(Sc1ccc(NC(=O)c2ccc(F)cc2)cc1)c1ccccc1. The second-order valence-corrected chi connectivity index (χ2v) is 9.46. The number of amides is 2. The summed E-state index contributed by atoms with van der Waals surface area (Å²) < 4.78 is 13.1. The number of thioether (sulfide) groups is 1. The van der Waals surface area contributed by atoms with Gasteiger partial charge in [0.2, 0.25) is 5.91 Å². The molecule has 4 rings (SSSR count). The lowest BCUT2D eigenvalue weighted by Gasteiger charge is -2.18. The Kier molecular flexibility index (Phi) is 7.85. The molecule has 0 aliphatic rings. The summed E-state index contributed by atoms with van der Waals surface area (Å²) in [5, 5.41) is 5.84. The fraction of sp³-hybridized carbons (Fsp3) is 0.0714. The van der Waals surface area contributed by atoms with Crippen LogP contribution < -0.4 is 10.6 Å². The van der Waals surface area contributed by atoms with Gasteiger partial charge in [0.1, 0.15) is 11.1 Å². The van der Waals surface area contributed by atoms with Crippen LogP contribution in [0, 0.1) is 12.7 Å². The fourth-order valence-electron chi connectivity index (χ4n) is 3.39. The molecule has 1 unspecified atom stereocenters. The van der Waals surface area contributed by atoms with Crippen LogP contribution in [-0.2, 0) is 4.79 Å². The van der Waals surface area contributed by atoms with E-state index in [1.165, 1.54) is 36.0 Å². The molecule has 35 heavy (non-hydrogen) atoms. The molecule has 0 heterocycles. The van der Waals surface area contributed by atoms with Crippen LogP contribution in [0.25, 0.3) is 0 Å². The second-order valence-electron chi connectivity index (χ2n) is 7.84. The average molecular weight is 505 g/mol. The van der Waals surface area contributed by atoms with Crippen molar-refractivity contribution in [3.8, 4) is 0 Å². The van der Waals surface area contributed by atoms with Crippen molar-refractivity contribution >= 4 is 46.6 Å². The number of hydrogen-bond acceptors (Lipinski definition) is 3. The lowest BCUT2D eigenvalue weighted by molar-refractivity contribution is -0.115. The van der Waals surface area contributed by atoms with E-state index in [9.17, 15) is 14.0 Å². The van der Waals surface area contributed by atoms with E-state index in [2.05, 4.69) is 10.6 Å². The van der Waals surface area contributed by atoms with Crippen LogP contribution in [0.3, 0.4) is 0 Å². The monoisotopic (exact) mass is 504 g/mol. The number of carbonyl (C=O) groups excluding carboxylic acids is 2. The van der Waals surface area contributed by atoms with Gasteiger partial charge in [0.25, 0.3) is 5.91 Å². The molecule has 0 spiro atoms. The molecule has 0 bridgehead atoms. The van der Waals surface area contributed by atoms with Gasteiger partial charge in [0.15, 0.2) is 0 Å². The average Bonchev–Trinajstić information content (AvgIpc) is 2.86. The van der Waals surface area contributed by atoms with Gasteiger partial charge in [0.05, 0.1) is 0 Å². The summed E-state index contributed by atoms with van der Waals surface area (Å²) in [5.74, 6) is -0.894. The van der Waals surface area contributed by atoms with E-state index in [1.54, 1.807) is 24.3 Å². The number of aryl methyl sites for hydroxylation is 1. The lowest BCUT2D eigenvalue weighted by atomic mass is 10.1. The smallest absolute Gasteiger partial charge is 0.255 e. The molecule has 4 aromatic carbocycles. The number of rotatable bonds is 7. The Morgan fingerprint density at radius 1 is 0.857 bits per heavy atom. The van der Waals surface area contributed by atoms with Crippen LogP contribution in [0.1, 0.15) is 26.7 Å². The molecular weight excluding hydrogens is 483 g/mol. The van der Waals surface area contributed by atoms with Crippen molar-refractivity contribution in [1.29, 1.82) is 0 Å². The lowest BCUT2D eigenvalue weighted by Crippen LogP contribution is -2.19. The van der Waals surface area contributed by atoms with Gasteiger partial charge >= 0.3 is 0 Å². The van der Waals surface area contributed by atoms with Gasteiger partial charge in [-0.3, -0.25) is 9.59 Å². The Morgan fingerprint density at radius 2 is 1.54 bits per heavy atom. The van der Waals surface area contributed by atoms with Gasteiger partial charge in [-0.15, -0.1) is 11.8 Å². The summed E-state index contributed by atoms with van der Waals surface area (Å²) in [6.45, 7) is 1.91. The molecule has 176 valence electrons. The minimum Gasteiger partial charge on any atom is -0.325 e. The number of halogens is 2. The van der Waals surface area contributed by atoms with E-state index in [0.717, 1.165) is 16.0 Å². The van der Waals surface area contributed by atoms with E-state index in [4.69, 9.17) is 11.6 Å². The topological polar surface area (TPSA) is 58.2 Å². The van der Waals surface area contributed by atoms with Crippen molar-refractivity contribution in [2.24, 2.45) is 0 Å². The Hall–Kier alpha value is -3.61. The number of nitrogens with one attached hydrogen (secondary N) is 2. The molecule has 4 aromatic rings. The van der Waals surface area contributed by atoms with Crippen LogP contribution >= 0.6 is 23.4 Å². The van der Waals surface area contributed by atoms with Gasteiger partial charge in [-0.05, 0) is 78.7 Å². The van der Waals surface area contributed by atoms with Crippen molar-refractivity contribution in [1.82, 2.24) is 0 Å². The number of carbonyl (C=O) groups is 2. The van der Waals surface area contributed by atoms with Crippen molar-refractivity contribution in [2.75, 3.05) is 10.6 Å². The van der Waals surface area contributed by atoms with E-state index in [-0.39, 0.29) is 11.8 Å². The third-order valence-electron chi connectivity index (χ3n) is 5.27. The van der Waals surface area contributed by atoms with Crippen molar-refractivity contribution < 1.29 is 14.0 Å². The second kappa shape index (κ2) is 11.2. The summed E-state index contributed by atoms with van der Waals surface area (Å²) in [6, 6.07) is 27.5. The number of hydrogen-bond donors (Lipinski definition) is 2. The highest BCUT2D eigenvalue weighted by atomic mass is 35.5. The first-order valence-corrected chi connectivity index (χ1v) is 12.1. The van der Waals surface area contributed by atoms with Crippen molar-refractivity contribution in [2.45, 2.75) is 17.1 Å². The molecule has 0 fully saturated rings. The zero-order valence-electron chi connectivity index (χ0n) is 18.8. The molecule has 7 heteroatoms. The van der Waals surface area contributed by atoms with E-state index >= 15 is 0 Å². The van der Waals surface area contributed by atoms with Gasteiger partial charge in [-0.2, -0.15) is 0 Å². The van der Waals surface area contributed by atoms with Gasteiger partial charge in [0, 0.05) is 26.9 Å². The quantitative estimate of drug-likeness (QED) is 0.256. The minimum absolute atomic E-state index is 0.166. The minimum atomic E-state index is -0.505. The molecule has 4 nitrogen and oxygen atoms in total. The van der Waals surface area contributed by atoms with E-state index < -0.39 is 11.1 Å². The maximum atomic E-state index is 13.3. The highest BCUT2D eigenvalue weighted by Gasteiger charge is 2.23. The Balaban J connectivity index is 1.50. The van der Waals surface area contributed by atoms with E-state index in [0.29, 0.717) is 22.0 Å². The predicted molar refractivity (Wildman–Crippen MR) is 141 cm³/mol. The molecule has 1 atom stereocenters. The molecule has 0 saturated heterocycles. The van der Waals surface area contributed by atoms with Crippen molar-refractivity contribution in [3.05, 3.63) is 125 Å². The maximum Gasteiger partial charge on any atom is 0.255 e. The Labute approximate surface area is 212 Å². The van der Waals surface area contributed by atoms with E-state index in [1.807, 2.05) is 55.5 Å². The standard InChI is InChI=1S/C28H22ClFN2O2S/c1-18-7-10-21(29)17-25(18)32-28(34)26(19-5-3-2-4-6-19)35-24-15-13-23(14-16-24)31-27(33)20-8-11-22(30)12-9-20/h2-17,26H,1H3,(H,31,33)(H,32,34). The largest absolute Gasteiger partial charge is 0.325 e. The van der Waals surface area contributed by atoms with Crippen LogP contribution in [0.15, 0.2) is 102 Å². The number of anilines is 2. The number of benzene rings is 4. The van der Waals surface area contributed by atoms with Crippen LogP contribution in [0.2, 0.25) is 5.02 Å². The third kappa shape index (κ3) is 6.50. The summed E-state index contributed by atoms with van der Waals surface area (Å²) in [6.07, 6.45) is 0. The summed E-state index contributed by atoms with van der Waals surface area (Å²) in [7, 11) is 0. The molecule has 2 amide bonds. The highest BCUT2D eigenvalue weighted by molar-refractivity contribution is 8.00. The zero-order valence-corrected chi connectivity index (χ0v) is 20.4. The summed E-state index contributed by atoms with van der Waals surface area (Å²) in [5.41, 5.74) is 3.41. The van der Waals surface area contributed by atoms with Crippen LogP contribution in [0.5, 0.6) is 0 Å². The van der Waals surface area contributed by atoms with Crippen molar-refractivity contribution in [3.63, 3.8) is 0 Å². The predicted octanol–water partition coefficient (Wildman–Crippen LogP) is 7.51. The summed E-state index contributed by atoms with van der Waals surface area (Å²) in [4.78, 5) is 26.6. The first-order valence-electron chi connectivity index (χ1n) is 10.8. The maximum absolute atomic E-state index is 13.3. The summed E-state index contributed by atoms with van der Waals surface area (Å²) >= 11 is 7.53. The van der Waals surface area contributed by atoms with Crippen LogP contribution in [0.4, 0.5) is 15.8 Å². The molecule has 0 saturated carbocycles. The third-order valence-corrected chi connectivity index (χ3v) is 6.77. The van der Waals surface area contributed by atoms with Crippen LogP contribution in [-0.4, -0.2) is 11.8 Å². The first kappa shape index (κ1) is 24.5. The molecule has 0 aromatic heterocycles. The first-order chi connectivity index (χ1) is 16.9. The van der Waals surface area contributed by atoms with Gasteiger partial charge in [-0.1, -0.05) is 48.0 Å². The molecule has 0 aliphatic carbocycles.